The molecule has 0 radical (unpaired) electrons. The van der Waals surface area contributed by atoms with Crippen LogP contribution in [-0.4, -0.2) is 73.9 Å². The van der Waals surface area contributed by atoms with Crippen LogP contribution in [0.25, 0.3) is 0 Å². The van der Waals surface area contributed by atoms with E-state index in [1.54, 1.807) is 0 Å². The Kier molecular flexibility index (Phi) is 6.41. The molecular weight excluding hydrogens is 394 g/mol. The normalized spacial score (nSPS) is 21.5. The summed E-state index contributed by atoms with van der Waals surface area (Å²) in [5.74, 6) is 0.0692. The number of aromatic nitrogens is 4. The van der Waals surface area contributed by atoms with E-state index in [-0.39, 0.29) is 17.9 Å². The molecule has 31 heavy (non-hydrogen) atoms. The minimum atomic E-state index is -0.111. The lowest BCUT2D eigenvalue weighted by Gasteiger charge is -2.32. The van der Waals surface area contributed by atoms with Crippen molar-refractivity contribution in [3.8, 4) is 0 Å². The first kappa shape index (κ1) is 21.5. The molecule has 1 N–H and O–H groups in total. The molecule has 1 atom stereocenters. The van der Waals surface area contributed by atoms with Crippen molar-refractivity contribution in [2.24, 2.45) is 14.1 Å². The maximum absolute atomic E-state index is 12.9. The summed E-state index contributed by atoms with van der Waals surface area (Å²) >= 11 is 0. The van der Waals surface area contributed by atoms with Crippen LogP contribution in [0.4, 0.5) is 0 Å². The second-order valence-electron chi connectivity index (χ2n) is 8.81. The van der Waals surface area contributed by atoms with Gasteiger partial charge in [0.25, 0.3) is 5.91 Å². The van der Waals surface area contributed by atoms with Crippen LogP contribution in [0.2, 0.25) is 0 Å². The number of rotatable bonds is 2. The molecule has 168 valence electrons. The highest BCUT2D eigenvalue weighted by molar-refractivity contribution is 5.94. The first-order valence-electron chi connectivity index (χ1n) is 11.2. The minimum Gasteiger partial charge on any atom is -0.351 e. The molecule has 9 heteroatoms. The predicted molar refractivity (Wildman–Crippen MR) is 116 cm³/mol. The van der Waals surface area contributed by atoms with E-state index in [2.05, 4.69) is 20.4 Å². The molecule has 0 saturated heterocycles. The molecule has 2 aromatic rings. The van der Waals surface area contributed by atoms with Gasteiger partial charge >= 0.3 is 0 Å². The van der Waals surface area contributed by atoms with E-state index < -0.39 is 0 Å². The van der Waals surface area contributed by atoms with Gasteiger partial charge in [-0.25, -0.2) is 0 Å². The van der Waals surface area contributed by atoms with Gasteiger partial charge in [-0.1, -0.05) is 0 Å². The van der Waals surface area contributed by atoms with Crippen molar-refractivity contribution in [2.75, 3.05) is 26.7 Å². The fraction of sp³-hybridized carbons (Fsp3) is 0.636. The van der Waals surface area contributed by atoms with E-state index in [9.17, 15) is 9.59 Å². The van der Waals surface area contributed by atoms with Gasteiger partial charge in [-0.05, 0) is 38.6 Å². The highest BCUT2D eigenvalue weighted by atomic mass is 16.2. The molecule has 2 amide bonds. The summed E-state index contributed by atoms with van der Waals surface area (Å²) in [4.78, 5) is 30.0. The third kappa shape index (κ3) is 4.81. The number of amides is 2. The lowest BCUT2D eigenvalue weighted by molar-refractivity contribution is -0.132. The van der Waals surface area contributed by atoms with Crippen LogP contribution in [-0.2, 0) is 38.3 Å². The SMILES string of the molecule is CN1C(=O)CCCN(Cc2cnn(C)c2)CCCNC(=O)c2nn(C)c3c2CC1CC3. The molecule has 0 aromatic carbocycles. The van der Waals surface area contributed by atoms with Gasteiger partial charge in [0.2, 0.25) is 5.91 Å². The quantitative estimate of drug-likeness (QED) is 0.769. The zero-order chi connectivity index (χ0) is 22.0. The molecule has 1 unspecified atom stereocenters. The number of fused-ring (bicyclic) bond motifs is 1. The second-order valence-corrected chi connectivity index (χ2v) is 8.81. The number of carbonyl (C=O) groups excluding carboxylic acids is 2. The molecule has 4 rings (SSSR count). The Balaban J connectivity index is 1.51. The van der Waals surface area contributed by atoms with Gasteiger partial charge in [0.15, 0.2) is 5.69 Å². The van der Waals surface area contributed by atoms with Crippen LogP contribution in [0.3, 0.4) is 0 Å². The Hall–Kier alpha value is -2.68. The van der Waals surface area contributed by atoms with E-state index in [0.29, 0.717) is 25.1 Å². The lowest BCUT2D eigenvalue weighted by atomic mass is 9.90. The molecule has 1 aliphatic carbocycles. The van der Waals surface area contributed by atoms with Gasteiger partial charge in [0, 0.05) is 76.3 Å². The number of likely N-dealkylation sites (N-methyl/N-ethyl adjacent to an activating group) is 1. The number of nitrogens with one attached hydrogen (secondary N) is 1. The highest BCUT2D eigenvalue weighted by Crippen LogP contribution is 2.27. The van der Waals surface area contributed by atoms with Gasteiger partial charge in [-0.3, -0.25) is 23.9 Å². The van der Waals surface area contributed by atoms with Crippen LogP contribution in [0, 0.1) is 0 Å². The summed E-state index contributed by atoms with van der Waals surface area (Å²) < 4.78 is 3.64. The van der Waals surface area contributed by atoms with E-state index >= 15 is 0 Å². The fourth-order valence-corrected chi connectivity index (χ4v) is 4.79. The number of aryl methyl sites for hydroxylation is 2. The summed E-state index contributed by atoms with van der Waals surface area (Å²) in [5, 5.41) is 11.8. The van der Waals surface area contributed by atoms with Gasteiger partial charge < -0.3 is 10.2 Å². The molecule has 1 aliphatic heterocycles. The minimum absolute atomic E-state index is 0.111. The van der Waals surface area contributed by atoms with Crippen molar-refractivity contribution in [1.29, 1.82) is 0 Å². The predicted octanol–water partition coefficient (Wildman–Crippen LogP) is 0.885. The Labute approximate surface area is 183 Å². The molecule has 0 fully saturated rings. The molecule has 9 nitrogen and oxygen atoms in total. The maximum atomic E-state index is 12.9. The van der Waals surface area contributed by atoms with E-state index in [1.165, 1.54) is 0 Å². The zero-order valence-corrected chi connectivity index (χ0v) is 18.8. The van der Waals surface area contributed by atoms with Crippen molar-refractivity contribution in [3.63, 3.8) is 0 Å². The van der Waals surface area contributed by atoms with Gasteiger partial charge in [0.05, 0.1) is 6.20 Å². The van der Waals surface area contributed by atoms with E-state index in [0.717, 1.165) is 62.1 Å². The first-order chi connectivity index (χ1) is 14.9. The zero-order valence-electron chi connectivity index (χ0n) is 18.8. The van der Waals surface area contributed by atoms with Crippen LogP contribution < -0.4 is 5.32 Å². The number of nitrogens with zero attached hydrogens (tertiary/aromatic N) is 6. The van der Waals surface area contributed by atoms with Gasteiger partial charge in [0.1, 0.15) is 0 Å². The fourth-order valence-electron chi connectivity index (χ4n) is 4.79. The summed E-state index contributed by atoms with van der Waals surface area (Å²) in [6.45, 7) is 3.10. The van der Waals surface area contributed by atoms with E-state index in [1.807, 2.05) is 47.8 Å². The second kappa shape index (κ2) is 9.21. The van der Waals surface area contributed by atoms with Crippen molar-refractivity contribution in [3.05, 3.63) is 34.9 Å². The molecule has 2 aliphatic rings. The average Bonchev–Trinajstić information content (AvgIpc) is 3.31. The van der Waals surface area contributed by atoms with Crippen LogP contribution in [0.5, 0.6) is 0 Å². The van der Waals surface area contributed by atoms with Crippen LogP contribution in [0.1, 0.15) is 53.0 Å². The maximum Gasteiger partial charge on any atom is 0.272 e. The Morgan fingerprint density at radius 3 is 2.71 bits per heavy atom. The Bertz CT molecular complexity index is 948. The number of carbonyl (C=O) groups is 2. The topological polar surface area (TPSA) is 88.3 Å². The first-order valence-corrected chi connectivity index (χ1v) is 11.2. The standard InChI is InChI=1S/C22H33N7O2/c1-26-14-16(13-24-26)15-29-10-4-6-20(30)27(2)17-7-8-19-18(12-17)21(25-28(19)3)22(31)23-9-5-11-29/h13-14,17H,4-12,15H2,1-3H3,(H,23,31). The average molecular weight is 428 g/mol. The smallest absolute Gasteiger partial charge is 0.272 e. The third-order valence-corrected chi connectivity index (χ3v) is 6.55. The van der Waals surface area contributed by atoms with Crippen LogP contribution >= 0.6 is 0 Å². The summed E-state index contributed by atoms with van der Waals surface area (Å²) in [6.07, 6.45) is 8.56. The molecule has 2 aromatic heterocycles. The molecule has 0 saturated carbocycles. The number of hydrogen-bond donors (Lipinski definition) is 1. The molecule has 3 heterocycles. The van der Waals surface area contributed by atoms with Crippen molar-refractivity contribution < 1.29 is 9.59 Å². The largest absolute Gasteiger partial charge is 0.351 e. The highest BCUT2D eigenvalue weighted by Gasteiger charge is 2.31. The molecule has 0 spiro atoms. The van der Waals surface area contributed by atoms with Gasteiger partial charge in [-0.2, -0.15) is 10.2 Å². The van der Waals surface area contributed by atoms with E-state index in [4.69, 9.17) is 0 Å². The Morgan fingerprint density at radius 1 is 1.13 bits per heavy atom. The number of hydrogen-bond acceptors (Lipinski definition) is 5. The lowest BCUT2D eigenvalue weighted by Crippen LogP contribution is -2.41. The monoisotopic (exact) mass is 427 g/mol. The van der Waals surface area contributed by atoms with Gasteiger partial charge in [-0.15, -0.1) is 0 Å². The summed E-state index contributed by atoms with van der Waals surface area (Å²) in [7, 11) is 5.72. The molecular formula is C22H33N7O2. The third-order valence-electron chi connectivity index (χ3n) is 6.55. The van der Waals surface area contributed by atoms with Crippen LogP contribution in [0.15, 0.2) is 12.4 Å². The van der Waals surface area contributed by atoms with Crippen molar-refractivity contribution >= 4 is 11.8 Å². The Morgan fingerprint density at radius 2 is 1.94 bits per heavy atom. The summed E-state index contributed by atoms with van der Waals surface area (Å²) in [6, 6.07) is 0.118. The van der Waals surface area contributed by atoms with Crippen molar-refractivity contribution in [2.45, 2.75) is 51.1 Å². The molecule has 2 bridgehead atoms. The van der Waals surface area contributed by atoms with Crippen molar-refractivity contribution in [1.82, 2.24) is 34.7 Å². The summed E-state index contributed by atoms with van der Waals surface area (Å²) in [5.41, 5.74) is 3.80.